The second kappa shape index (κ2) is 10.4. The first-order chi connectivity index (χ1) is 16.0. The van der Waals surface area contributed by atoms with Gasteiger partial charge in [-0.05, 0) is 36.4 Å². The van der Waals surface area contributed by atoms with Gasteiger partial charge < -0.3 is 14.5 Å². The maximum atomic E-state index is 13.0. The number of ether oxygens (including phenoxy) is 1. The van der Waals surface area contributed by atoms with Gasteiger partial charge in [0.05, 0.1) is 29.1 Å². The number of benzene rings is 2. The summed E-state index contributed by atoms with van der Waals surface area (Å²) in [4.78, 5) is 16.1. The van der Waals surface area contributed by atoms with Crippen molar-refractivity contribution < 1.29 is 31.1 Å². The molecule has 1 aliphatic rings. The van der Waals surface area contributed by atoms with Crippen LogP contribution in [0.4, 0.5) is 18.9 Å². The molecule has 2 aromatic carbocycles. The number of carbonyl (C=O) groups excluding carboxylic acids is 1. The number of anilines is 1. The van der Waals surface area contributed by atoms with E-state index < -0.39 is 21.8 Å². The predicted octanol–water partition coefficient (Wildman–Crippen LogP) is 3.73. The average molecular weight is 520 g/mol. The van der Waals surface area contributed by atoms with Gasteiger partial charge in [-0.3, -0.25) is 4.79 Å². The Kier molecular flexibility index (Phi) is 7.99. The maximum absolute atomic E-state index is 13.0. The third-order valence-electron chi connectivity index (χ3n) is 5.60. The molecule has 34 heavy (non-hydrogen) atoms. The van der Waals surface area contributed by atoms with Crippen molar-refractivity contribution in [1.29, 1.82) is 0 Å². The van der Waals surface area contributed by atoms with Crippen molar-refractivity contribution in [2.75, 3.05) is 51.3 Å². The summed E-state index contributed by atoms with van der Waals surface area (Å²) in [7, 11) is -2.56. The zero-order valence-electron chi connectivity index (χ0n) is 18.7. The van der Waals surface area contributed by atoms with E-state index in [9.17, 15) is 26.4 Å². The minimum absolute atomic E-state index is 0.0534. The Labute approximate surface area is 201 Å². The SMILES string of the molecule is CCN(CC(=O)N1CCN(c2cccc(C(F)(F)F)c2)CC1)S(=O)(=O)c1ccc(OC)c(Cl)c1. The fraction of sp³-hybridized carbons (Fsp3) is 0.409. The summed E-state index contributed by atoms with van der Waals surface area (Å²) in [5.41, 5.74) is -0.304. The molecular weight excluding hydrogens is 495 g/mol. The number of amides is 1. The fourth-order valence-electron chi connectivity index (χ4n) is 3.67. The number of rotatable bonds is 7. The Hall–Kier alpha value is -2.50. The first-order valence-electron chi connectivity index (χ1n) is 10.5. The van der Waals surface area contributed by atoms with Crippen LogP contribution in [-0.4, -0.2) is 69.9 Å². The number of piperazine rings is 1. The molecule has 12 heteroatoms. The Morgan fingerprint density at radius 3 is 2.35 bits per heavy atom. The van der Waals surface area contributed by atoms with Gasteiger partial charge in [0.2, 0.25) is 15.9 Å². The zero-order valence-corrected chi connectivity index (χ0v) is 20.3. The highest BCUT2D eigenvalue weighted by Crippen LogP contribution is 2.32. The molecule has 1 heterocycles. The topological polar surface area (TPSA) is 70.2 Å². The van der Waals surface area contributed by atoms with Crippen LogP contribution >= 0.6 is 11.6 Å². The number of likely N-dealkylation sites (N-methyl/N-ethyl adjacent to an activating group) is 1. The molecule has 3 rings (SSSR count). The molecule has 0 radical (unpaired) electrons. The second-order valence-corrected chi connectivity index (χ2v) is 9.99. The van der Waals surface area contributed by atoms with E-state index in [1.165, 1.54) is 36.3 Å². The third kappa shape index (κ3) is 5.76. The molecule has 1 aliphatic heterocycles. The second-order valence-electron chi connectivity index (χ2n) is 7.64. The summed E-state index contributed by atoms with van der Waals surface area (Å²) in [6.07, 6.45) is -4.43. The summed E-state index contributed by atoms with van der Waals surface area (Å²) in [6.45, 7) is 2.54. The van der Waals surface area contributed by atoms with E-state index in [1.54, 1.807) is 17.9 Å². The van der Waals surface area contributed by atoms with Crippen molar-refractivity contribution in [3.63, 3.8) is 0 Å². The molecular formula is C22H25ClF3N3O4S. The smallest absolute Gasteiger partial charge is 0.416 e. The summed E-state index contributed by atoms with van der Waals surface area (Å²) >= 11 is 6.06. The van der Waals surface area contributed by atoms with Crippen molar-refractivity contribution in [1.82, 2.24) is 9.21 Å². The van der Waals surface area contributed by atoms with Gasteiger partial charge >= 0.3 is 6.18 Å². The van der Waals surface area contributed by atoms with E-state index in [-0.39, 0.29) is 42.0 Å². The van der Waals surface area contributed by atoms with Crippen LogP contribution in [0.2, 0.25) is 5.02 Å². The number of carbonyl (C=O) groups is 1. The van der Waals surface area contributed by atoms with Crippen LogP contribution in [0.3, 0.4) is 0 Å². The van der Waals surface area contributed by atoms with Crippen LogP contribution in [0.25, 0.3) is 0 Å². The van der Waals surface area contributed by atoms with Crippen molar-refractivity contribution >= 4 is 33.2 Å². The Morgan fingerprint density at radius 1 is 1.12 bits per heavy atom. The number of hydrogen-bond acceptors (Lipinski definition) is 5. The number of nitrogens with zero attached hydrogens (tertiary/aromatic N) is 3. The minimum atomic E-state index is -4.43. The van der Waals surface area contributed by atoms with E-state index in [2.05, 4.69) is 0 Å². The molecule has 186 valence electrons. The summed E-state index contributed by atoms with van der Waals surface area (Å²) < 4.78 is 71.2. The molecule has 0 spiro atoms. The largest absolute Gasteiger partial charge is 0.495 e. The van der Waals surface area contributed by atoms with Gasteiger partial charge in [0.25, 0.3) is 0 Å². The van der Waals surface area contributed by atoms with Gasteiger partial charge in [-0.25, -0.2) is 8.42 Å². The van der Waals surface area contributed by atoms with E-state index in [0.29, 0.717) is 24.5 Å². The van der Waals surface area contributed by atoms with E-state index in [0.717, 1.165) is 16.4 Å². The minimum Gasteiger partial charge on any atom is -0.495 e. The number of methoxy groups -OCH3 is 1. The van der Waals surface area contributed by atoms with Crippen LogP contribution < -0.4 is 9.64 Å². The molecule has 0 N–H and O–H groups in total. The maximum Gasteiger partial charge on any atom is 0.416 e. The highest BCUT2D eigenvalue weighted by Gasteiger charge is 2.32. The molecule has 1 fully saturated rings. The predicted molar refractivity (Wildman–Crippen MR) is 123 cm³/mol. The Bertz CT molecular complexity index is 1140. The Morgan fingerprint density at radius 2 is 1.79 bits per heavy atom. The van der Waals surface area contributed by atoms with E-state index in [1.807, 2.05) is 0 Å². The Balaban J connectivity index is 1.65. The molecule has 1 saturated heterocycles. The first-order valence-corrected chi connectivity index (χ1v) is 12.3. The van der Waals surface area contributed by atoms with Crippen LogP contribution in [0.1, 0.15) is 12.5 Å². The van der Waals surface area contributed by atoms with Gasteiger partial charge in [-0.2, -0.15) is 17.5 Å². The lowest BCUT2D eigenvalue weighted by molar-refractivity contribution is -0.137. The van der Waals surface area contributed by atoms with Crippen molar-refractivity contribution in [3.8, 4) is 5.75 Å². The van der Waals surface area contributed by atoms with Crippen molar-refractivity contribution in [2.24, 2.45) is 0 Å². The summed E-state index contributed by atoms with van der Waals surface area (Å²) in [5, 5.41) is 0.136. The highest BCUT2D eigenvalue weighted by molar-refractivity contribution is 7.89. The lowest BCUT2D eigenvalue weighted by atomic mass is 10.1. The third-order valence-corrected chi connectivity index (χ3v) is 7.81. The van der Waals surface area contributed by atoms with Crippen LogP contribution in [0.15, 0.2) is 47.4 Å². The number of halogens is 4. The molecule has 0 unspecified atom stereocenters. The average Bonchev–Trinajstić information content (AvgIpc) is 2.81. The van der Waals surface area contributed by atoms with Crippen LogP contribution in [0.5, 0.6) is 5.75 Å². The van der Waals surface area contributed by atoms with Gasteiger partial charge in [-0.1, -0.05) is 24.6 Å². The molecule has 0 aliphatic carbocycles. The zero-order chi connectivity index (χ0) is 25.1. The standard InChI is InChI=1S/C22H25ClF3N3O4S/c1-3-29(34(31,32)18-7-8-20(33-2)19(23)14-18)15-21(30)28-11-9-27(10-12-28)17-6-4-5-16(13-17)22(24,25)26/h4-8,13-14H,3,9-12,15H2,1-2H3. The lowest BCUT2D eigenvalue weighted by Crippen LogP contribution is -2.51. The fourth-order valence-corrected chi connectivity index (χ4v) is 5.41. The van der Waals surface area contributed by atoms with Gasteiger partial charge in [-0.15, -0.1) is 0 Å². The molecule has 2 aromatic rings. The number of alkyl halides is 3. The van der Waals surface area contributed by atoms with Crippen molar-refractivity contribution in [2.45, 2.75) is 18.0 Å². The molecule has 1 amide bonds. The first kappa shape index (κ1) is 26.1. The summed E-state index contributed by atoms with van der Waals surface area (Å²) in [5.74, 6) is -0.0490. The highest BCUT2D eigenvalue weighted by atomic mass is 35.5. The normalized spacial score (nSPS) is 15.0. The van der Waals surface area contributed by atoms with Crippen LogP contribution in [-0.2, 0) is 21.0 Å². The van der Waals surface area contributed by atoms with Crippen LogP contribution in [0, 0.1) is 0 Å². The molecule has 0 bridgehead atoms. The lowest BCUT2D eigenvalue weighted by Gasteiger charge is -2.37. The van der Waals surface area contributed by atoms with Gasteiger partial charge in [0, 0.05) is 38.4 Å². The van der Waals surface area contributed by atoms with Gasteiger partial charge in [0.15, 0.2) is 0 Å². The summed E-state index contributed by atoms with van der Waals surface area (Å²) in [6, 6.07) is 9.13. The molecule has 0 saturated carbocycles. The van der Waals surface area contributed by atoms with E-state index in [4.69, 9.17) is 16.3 Å². The molecule has 0 aromatic heterocycles. The van der Waals surface area contributed by atoms with Gasteiger partial charge in [0.1, 0.15) is 5.75 Å². The monoisotopic (exact) mass is 519 g/mol. The molecule has 0 atom stereocenters. The quantitative estimate of drug-likeness (QED) is 0.557. The number of sulfonamides is 1. The van der Waals surface area contributed by atoms with Crippen molar-refractivity contribution in [3.05, 3.63) is 53.1 Å². The molecule has 7 nitrogen and oxygen atoms in total. The number of hydrogen-bond donors (Lipinski definition) is 0. The van der Waals surface area contributed by atoms with E-state index >= 15 is 0 Å².